The van der Waals surface area contributed by atoms with E-state index in [4.69, 9.17) is 0 Å². The second-order valence-electron chi connectivity index (χ2n) is 2.01. The largest absolute Gasteiger partial charge is 0.302 e. The summed E-state index contributed by atoms with van der Waals surface area (Å²) in [6.07, 6.45) is 4.24. The summed E-state index contributed by atoms with van der Waals surface area (Å²) < 4.78 is -0.104. The van der Waals surface area contributed by atoms with E-state index < -0.39 is 0 Å². The molecule has 0 amide bonds. The van der Waals surface area contributed by atoms with Crippen LogP contribution in [-0.2, 0) is 4.79 Å². The molecular weight excluding hydrogens is 156 g/mol. The van der Waals surface area contributed by atoms with Crippen LogP contribution >= 0.6 is 15.9 Å². The Morgan fingerprint density at radius 2 is 2.14 bits per heavy atom. The van der Waals surface area contributed by atoms with E-state index in [0.29, 0.717) is 0 Å². The highest BCUT2D eigenvalue weighted by Crippen LogP contribution is 2.37. The Labute approximate surface area is 51.2 Å². The molecule has 1 rings (SSSR count). The Bertz CT molecular complexity index is 86.1. The van der Waals surface area contributed by atoms with Crippen LogP contribution in [0, 0.1) is 0 Å². The first kappa shape index (κ1) is 5.29. The van der Waals surface area contributed by atoms with Gasteiger partial charge in [0, 0.05) is 0 Å². The first-order valence-corrected chi connectivity index (χ1v) is 3.21. The van der Waals surface area contributed by atoms with Crippen molar-refractivity contribution in [2.24, 2.45) is 0 Å². The number of alkyl halides is 1. The van der Waals surface area contributed by atoms with Gasteiger partial charge in [0.05, 0.1) is 4.32 Å². The van der Waals surface area contributed by atoms with Gasteiger partial charge in [-0.25, -0.2) is 0 Å². The van der Waals surface area contributed by atoms with Crippen molar-refractivity contribution in [2.45, 2.75) is 23.6 Å². The van der Waals surface area contributed by atoms with E-state index in [1.807, 2.05) is 0 Å². The number of aldehydes is 1. The molecule has 40 valence electrons. The molecule has 1 nitrogen and oxygen atoms in total. The second kappa shape index (κ2) is 1.58. The van der Waals surface area contributed by atoms with Crippen LogP contribution < -0.4 is 0 Å². The molecule has 0 radical (unpaired) electrons. The summed E-state index contributed by atoms with van der Waals surface area (Å²) in [6, 6.07) is 0. The molecule has 0 aromatic rings. The molecule has 2 heteroatoms. The third-order valence-electron chi connectivity index (χ3n) is 1.40. The predicted octanol–water partition coefficient (Wildman–Crippen LogP) is 1.50. The number of carbonyl (C=O) groups excluding carboxylic acids is 1. The highest BCUT2D eigenvalue weighted by Gasteiger charge is 2.33. The average Bonchev–Trinajstić information content (AvgIpc) is 1.61. The van der Waals surface area contributed by atoms with Crippen molar-refractivity contribution in [3.8, 4) is 0 Å². The van der Waals surface area contributed by atoms with E-state index in [2.05, 4.69) is 15.9 Å². The molecule has 7 heavy (non-hydrogen) atoms. The fraction of sp³-hybridized carbons (Fsp3) is 0.800. The van der Waals surface area contributed by atoms with E-state index >= 15 is 0 Å². The molecule has 1 aliphatic rings. The van der Waals surface area contributed by atoms with Crippen LogP contribution in [0.4, 0.5) is 0 Å². The zero-order valence-corrected chi connectivity index (χ0v) is 5.57. The van der Waals surface area contributed by atoms with Crippen LogP contribution in [0.2, 0.25) is 0 Å². The minimum Gasteiger partial charge on any atom is -0.302 e. The molecule has 0 aromatic heterocycles. The third-order valence-corrected chi connectivity index (χ3v) is 2.38. The average molecular weight is 163 g/mol. The number of rotatable bonds is 1. The topological polar surface area (TPSA) is 17.1 Å². The maximum absolute atomic E-state index is 10.1. The van der Waals surface area contributed by atoms with E-state index in [9.17, 15) is 4.79 Å². The maximum atomic E-state index is 10.1. The standard InChI is InChI=1S/C5H7BrO/c6-5(4-7)2-1-3-5/h4H,1-3H2. The molecule has 0 unspecified atom stereocenters. The van der Waals surface area contributed by atoms with Crippen LogP contribution in [-0.4, -0.2) is 10.6 Å². The Hall–Kier alpha value is 0.150. The van der Waals surface area contributed by atoms with Crippen LogP contribution in [0.1, 0.15) is 19.3 Å². The third kappa shape index (κ3) is 0.852. The molecule has 0 bridgehead atoms. The number of carbonyl (C=O) groups is 1. The highest BCUT2D eigenvalue weighted by molar-refractivity contribution is 9.10. The SMILES string of the molecule is O=CC1(Br)CCC1. The zero-order valence-electron chi connectivity index (χ0n) is 3.98. The van der Waals surface area contributed by atoms with Crippen molar-refractivity contribution in [2.75, 3.05) is 0 Å². The summed E-state index contributed by atoms with van der Waals surface area (Å²) in [7, 11) is 0. The summed E-state index contributed by atoms with van der Waals surface area (Å²) >= 11 is 3.30. The first-order valence-electron chi connectivity index (χ1n) is 2.42. The molecular formula is C5H7BrO. The van der Waals surface area contributed by atoms with Gasteiger partial charge in [0.1, 0.15) is 6.29 Å². The van der Waals surface area contributed by atoms with Crippen LogP contribution in [0.3, 0.4) is 0 Å². The maximum Gasteiger partial charge on any atom is 0.136 e. The van der Waals surface area contributed by atoms with Gasteiger partial charge < -0.3 is 4.79 Å². The first-order chi connectivity index (χ1) is 3.27. The smallest absolute Gasteiger partial charge is 0.136 e. The van der Waals surface area contributed by atoms with Crippen molar-refractivity contribution in [3.05, 3.63) is 0 Å². The Balaban J connectivity index is 2.43. The monoisotopic (exact) mass is 162 g/mol. The van der Waals surface area contributed by atoms with Gasteiger partial charge >= 0.3 is 0 Å². The second-order valence-corrected chi connectivity index (χ2v) is 3.59. The lowest BCUT2D eigenvalue weighted by Crippen LogP contribution is -2.30. The minimum atomic E-state index is -0.104. The Kier molecular flexibility index (Phi) is 1.20. The molecule has 1 saturated carbocycles. The molecule has 1 fully saturated rings. The van der Waals surface area contributed by atoms with Crippen molar-refractivity contribution in [1.82, 2.24) is 0 Å². The van der Waals surface area contributed by atoms with Gasteiger partial charge in [-0.2, -0.15) is 0 Å². The van der Waals surface area contributed by atoms with Gasteiger partial charge in [-0.05, 0) is 19.3 Å². The van der Waals surface area contributed by atoms with Crippen molar-refractivity contribution >= 4 is 22.2 Å². The van der Waals surface area contributed by atoms with Crippen LogP contribution in [0.15, 0.2) is 0 Å². The van der Waals surface area contributed by atoms with Crippen molar-refractivity contribution in [3.63, 3.8) is 0 Å². The van der Waals surface area contributed by atoms with E-state index in [1.54, 1.807) is 0 Å². The molecule has 0 N–H and O–H groups in total. The summed E-state index contributed by atoms with van der Waals surface area (Å²) in [4.78, 5) is 10.1. The lowest BCUT2D eigenvalue weighted by molar-refractivity contribution is -0.111. The molecule has 0 spiro atoms. The molecule has 0 saturated heterocycles. The molecule has 0 heterocycles. The fourth-order valence-electron chi connectivity index (χ4n) is 0.632. The quantitative estimate of drug-likeness (QED) is 0.422. The summed E-state index contributed by atoms with van der Waals surface area (Å²) in [6.45, 7) is 0. The minimum absolute atomic E-state index is 0.104. The van der Waals surface area contributed by atoms with E-state index in [0.717, 1.165) is 19.1 Å². The summed E-state index contributed by atoms with van der Waals surface area (Å²) in [5.74, 6) is 0. The number of hydrogen-bond donors (Lipinski definition) is 0. The normalized spacial score (nSPS) is 25.9. The van der Waals surface area contributed by atoms with Gasteiger partial charge in [0.2, 0.25) is 0 Å². The zero-order chi connectivity index (χ0) is 5.33. The Morgan fingerprint density at radius 1 is 1.57 bits per heavy atom. The van der Waals surface area contributed by atoms with Crippen LogP contribution in [0.25, 0.3) is 0 Å². The van der Waals surface area contributed by atoms with Crippen molar-refractivity contribution < 1.29 is 4.79 Å². The lowest BCUT2D eigenvalue weighted by Gasteiger charge is -2.29. The molecule has 0 atom stereocenters. The van der Waals surface area contributed by atoms with E-state index in [1.165, 1.54) is 6.42 Å². The summed E-state index contributed by atoms with van der Waals surface area (Å²) in [5, 5.41) is 0. The van der Waals surface area contributed by atoms with Crippen LogP contribution in [0.5, 0.6) is 0 Å². The number of hydrogen-bond acceptors (Lipinski definition) is 1. The molecule has 1 aliphatic carbocycles. The molecule has 0 aliphatic heterocycles. The van der Waals surface area contributed by atoms with Gasteiger partial charge in [-0.3, -0.25) is 0 Å². The van der Waals surface area contributed by atoms with Crippen molar-refractivity contribution in [1.29, 1.82) is 0 Å². The van der Waals surface area contributed by atoms with Gasteiger partial charge in [-0.15, -0.1) is 0 Å². The lowest BCUT2D eigenvalue weighted by atomic mass is 9.87. The number of halogens is 1. The van der Waals surface area contributed by atoms with E-state index in [-0.39, 0.29) is 4.32 Å². The Morgan fingerprint density at radius 3 is 2.14 bits per heavy atom. The molecule has 0 aromatic carbocycles. The highest BCUT2D eigenvalue weighted by atomic mass is 79.9. The van der Waals surface area contributed by atoms with Gasteiger partial charge in [0.25, 0.3) is 0 Å². The summed E-state index contributed by atoms with van der Waals surface area (Å²) in [5.41, 5.74) is 0. The van der Waals surface area contributed by atoms with Gasteiger partial charge in [-0.1, -0.05) is 15.9 Å². The fourth-order valence-corrected chi connectivity index (χ4v) is 1.19. The predicted molar refractivity (Wildman–Crippen MR) is 31.6 cm³/mol. The van der Waals surface area contributed by atoms with Gasteiger partial charge in [0.15, 0.2) is 0 Å².